The number of ketones is 1. The second-order valence-electron chi connectivity index (χ2n) is 8.70. The molecule has 0 aromatic carbocycles. The van der Waals surface area contributed by atoms with E-state index in [0.29, 0.717) is 23.5 Å². The molecule has 0 aromatic rings. The lowest BCUT2D eigenvalue weighted by molar-refractivity contribution is -0.116. The largest absolute Gasteiger partial charge is 0.392 e. The highest BCUT2D eigenvalue weighted by Gasteiger charge is 2.58. The van der Waals surface area contributed by atoms with Crippen LogP contribution in [0.3, 0.4) is 0 Å². The molecule has 1 N–H and O–H groups in total. The summed E-state index contributed by atoms with van der Waals surface area (Å²) in [6, 6.07) is 0. The van der Waals surface area contributed by atoms with Gasteiger partial charge in [0, 0.05) is 6.42 Å². The van der Waals surface area contributed by atoms with Gasteiger partial charge in [0.2, 0.25) is 0 Å². The predicted octanol–water partition coefficient (Wildman–Crippen LogP) is 4.13. The smallest absolute Gasteiger partial charge is 0.155 e. The van der Waals surface area contributed by atoms with Gasteiger partial charge in [-0.25, -0.2) is 0 Å². The van der Waals surface area contributed by atoms with Gasteiger partial charge in [-0.1, -0.05) is 25.8 Å². The van der Waals surface area contributed by atoms with Crippen LogP contribution in [-0.4, -0.2) is 17.0 Å². The minimum Gasteiger partial charge on any atom is -0.392 e. The van der Waals surface area contributed by atoms with Gasteiger partial charge in [-0.05, 0) is 79.6 Å². The molecular formula is C20H30O2. The summed E-state index contributed by atoms with van der Waals surface area (Å²) < 4.78 is 0. The zero-order valence-corrected chi connectivity index (χ0v) is 14.1. The first-order valence-corrected chi connectivity index (χ1v) is 9.46. The Morgan fingerprint density at radius 3 is 2.82 bits per heavy atom. The molecule has 0 aliphatic heterocycles. The number of rotatable bonds is 1. The minimum absolute atomic E-state index is 0.0895. The third-order valence-corrected chi connectivity index (χ3v) is 7.94. The fraction of sp³-hybridized carbons (Fsp3) is 0.850. The van der Waals surface area contributed by atoms with Gasteiger partial charge in [-0.2, -0.15) is 0 Å². The number of carbonyl (C=O) groups is 1. The molecule has 0 heterocycles. The van der Waals surface area contributed by atoms with Crippen LogP contribution in [0.4, 0.5) is 0 Å². The number of hydrogen-bond donors (Lipinski definition) is 1. The van der Waals surface area contributed by atoms with Gasteiger partial charge in [0.25, 0.3) is 0 Å². The molecule has 0 spiro atoms. The summed E-state index contributed by atoms with van der Waals surface area (Å²) in [4.78, 5) is 11.7. The number of allylic oxidation sites excluding steroid dienone is 1. The fourth-order valence-corrected chi connectivity index (χ4v) is 6.72. The van der Waals surface area contributed by atoms with Crippen LogP contribution in [0.25, 0.3) is 0 Å². The quantitative estimate of drug-likeness (QED) is 0.791. The number of carbonyl (C=O) groups excluding carboxylic acids is 1. The maximum atomic E-state index is 11.7. The van der Waals surface area contributed by atoms with E-state index in [1.807, 2.05) is 6.08 Å². The molecule has 2 heteroatoms. The summed E-state index contributed by atoms with van der Waals surface area (Å²) in [5.41, 5.74) is 1.62. The molecule has 0 saturated heterocycles. The number of aliphatic hydroxyl groups is 1. The minimum atomic E-state index is -0.0895. The highest BCUT2D eigenvalue weighted by molar-refractivity contribution is 5.91. The summed E-state index contributed by atoms with van der Waals surface area (Å²) >= 11 is 0. The van der Waals surface area contributed by atoms with Gasteiger partial charge in [-0.15, -0.1) is 0 Å². The first-order chi connectivity index (χ1) is 10.5. The lowest BCUT2D eigenvalue weighted by atomic mass is 9.52. The molecule has 2 nitrogen and oxygen atoms in total. The highest BCUT2D eigenvalue weighted by atomic mass is 16.3. The van der Waals surface area contributed by atoms with Crippen molar-refractivity contribution in [2.45, 2.75) is 71.3 Å². The van der Waals surface area contributed by atoms with Gasteiger partial charge in [-0.3, -0.25) is 4.79 Å². The summed E-state index contributed by atoms with van der Waals surface area (Å²) in [5.74, 6) is 3.84. The number of aliphatic hydroxyl groups excluding tert-OH is 1. The lowest BCUT2D eigenvalue weighted by Gasteiger charge is -2.53. The van der Waals surface area contributed by atoms with Crippen molar-refractivity contribution in [3.05, 3.63) is 11.6 Å². The van der Waals surface area contributed by atoms with E-state index in [9.17, 15) is 9.90 Å². The molecule has 0 unspecified atom stereocenters. The normalized spacial score (nSPS) is 50.9. The predicted molar refractivity (Wildman–Crippen MR) is 87.3 cm³/mol. The molecule has 3 fully saturated rings. The van der Waals surface area contributed by atoms with E-state index in [-0.39, 0.29) is 11.5 Å². The SMILES string of the molecule is CC[C@@H]1C[C@H]2[C@@H]3CCC4=CC(=O)CC[C@@H]4[C@H]3CC[C@]2(C)[C@H]1O. The van der Waals surface area contributed by atoms with Crippen LogP contribution in [0.1, 0.15) is 65.2 Å². The van der Waals surface area contributed by atoms with Crippen molar-refractivity contribution in [2.24, 2.45) is 35.0 Å². The summed E-state index contributed by atoms with van der Waals surface area (Å²) in [7, 11) is 0. The first kappa shape index (κ1) is 14.9. The van der Waals surface area contributed by atoms with Crippen molar-refractivity contribution in [1.29, 1.82) is 0 Å². The number of hydrogen-bond acceptors (Lipinski definition) is 2. The second kappa shape index (κ2) is 5.19. The van der Waals surface area contributed by atoms with Crippen LogP contribution in [0.5, 0.6) is 0 Å². The van der Waals surface area contributed by atoms with Crippen molar-refractivity contribution >= 4 is 5.78 Å². The van der Waals surface area contributed by atoms with Crippen molar-refractivity contribution in [3.8, 4) is 0 Å². The van der Waals surface area contributed by atoms with Crippen molar-refractivity contribution in [3.63, 3.8) is 0 Å². The second-order valence-corrected chi connectivity index (χ2v) is 8.70. The Morgan fingerprint density at radius 1 is 1.23 bits per heavy atom. The molecule has 0 aromatic heterocycles. The Labute approximate surface area is 134 Å². The van der Waals surface area contributed by atoms with Crippen molar-refractivity contribution in [2.75, 3.05) is 0 Å². The van der Waals surface area contributed by atoms with Gasteiger partial charge in [0.15, 0.2) is 5.78 Å². The van der Waals surface area contributed by atoms with Crippen LogP contribution in [0, 0.1) is 35.0 Å². The molecule has 3 saturated carbocycles. The molecule has 0 radical (unpaired) electrons. The Hall–Kier alpha value is -0.630. The fourth-order valence-electron chi connectivity index (χ4n) is 6.72. The molecule has 7 atom stereocenters. The van der Waals surface area contributed by atoms with E-state index >= 15 is 0 Å². The van der Waals surface area contributed by atoms with Crippen LogP contribution >= 0.6 is 0 Å². The van der Waals surface area contributed by atoms with Gasteiger partial charge in [0.1, 0.15) is 0 Å². The van der Waals surface area contributed by atoms with E-state index in [2.05, 4.69) is 13.8 Å². The first-order valence-electron chi connectivity index (χ1n) is 9.46. The molecule has 0 amide bonds. The monoisotopic (exact) mass is 302 g/mol. The Morgan fingerprint density at radius 2 is 2.05 bits per heavy atom. The maximum Gasteiger partial charge on any atom is 0.155 e. The average Bonchev–Trinajstić information content (AvgIpc) is 2.78. The lowest BCUT2D eigenvalue weighted by Crippen LogP contribution is -2.47. The van der Waals surface area contributed by atoms with Crippen LogP contribution in [0.2, 0.25) is 0 Å². The van der Waals surface area contributed by atoms with Crippen molar-refractivity contribution < 1.29 is 9.90 Å². The highest BCUT2D eigenvalue weighted by Crippen LogP contribution is 2.63. The molecule has 122 valence electrons. The van der Waals surface area contributed by atoms with E-state index in [0.717, 1.165) is 37.5 Å². The van der Waals surface area contributed by atoms with Gasteiger partial charge in [0.05, 0.1) is 6.10 Å². The Bertz CT molecular complexity index is 508. The Kier molecular flexibility index (Phi) is 3.52. The molecule has 0 bridgehead atoms. The zero-order valence-electron chi connectivity index (χ0n) is 14.1. The molecule has 4 aliphatic carbocycles. The van der Waals surface area contributed by atoms with E-state index in [1.165, 1.54) is 31.3 Å². The topological polar surface area (TPSA) is 37.3 Å². The zero-order chi connectivity index (χ0) is 15.5. The van der Waals surface area contributed by atoms with E-state index in [4.69, 9.17) is 0 Å². The maximum absolute atomic E-state index is 11.7. The van der Waals surface area contributed by atoms with E-state index < -0.39 is 0 Å². The van der Waals surface area contributed by atoms with Crippen LogP contribution in [-0.2, 0) is 4.79 Å². The molecule has 22 heavy (non-hydrogen) atoms. The van der Waals surface area contributed by atoms with Crippen LogP contribution < -0.4 is 0 Å². The summed E-state index contributed by atoms with van der Waals surface area (Å²) in [6.45, 7) is 4.60. The Balaban J connectivity index is 1.62. The molecule has 4 aliphatic rings. The van der Waals surface area contributed by atoms with Crippen molar-refractivity contribution in [1.82, 2.24) is 0 Å². The standard InChI is InChI=1S/C20H30O2/c1-3-12-11-18-17-6-4-13-10-14(21)5-7-15(13)16(17)8-9-20(18,2)19(12)22/h10,12,15-19,22H,3-9,11H2,1-2H3/t12-,15+,16-,17-,18+,19+,20+/m1/s1. The summed E-state index contributed by atoms with van der Waals surface area (Å²) in [5, 5.41) is 10.8. The van der Waals surface area contributed by atoms with E-state index in [1.54, 1.807) is 0 Å². The average molecular weight is 302 g/mol. The van der Waals surface area contributed by atoms with Gasteiger partial charge >= 0.3 is 0 Å². The number of fused-ring (bicyclic) bond motifs is 5. The summed E-state index contributed by atoms with van der Waals surface area (Å²) in [6.07, 6.45) is 10.9. The third-order valence-electron chi connectivity index (χ3n) is 7.94. The third kappa shape index (κ3) is 1.99. The van der Waals surface area contributed by atoms with Crippen LogP contribution in [0.15, 0.2) is 11.6 Å². The molecule has 4 rings (SSSR count). The van der Waals surface area contributed by atoms with Gasteiger partial charge < -0.3 is 5.11 Å². The molecular weight excluding hydrogens is 272 g/mol.